The molecule has 35 heavy (non-hydrogen) atoms. The lowest BCUT2D eigenvalue weighted by Crippen LogP contribution is -2.27. The Morgan fingerprint density at radius 2 is 1.71 bits per heavy atom. The van der Waals surface area contributed by atoms with Gasteiger partial charge in [-0.05, 0) is 77.9 Å². The molecule has 1 aromatic heterocycles. The number of anilines is 2. The van der Waals surface area contributed by atoms with Crippen molar-refractivity contribution in [3.63, 3.8) is 0 Å². The van der Waals surface area contributed by atoms with E-state index in [-0.39, 0.29) is 10.8 Å². The highest BCUT2D eigenvalue weighted by Crippen LogP contribution is 2.34. The van der Waals surface area contributed by atoms with Crippen LogP contribution in [0.2, 0.25) is 0 Å². The topological polar surface area (TPSA) is 75.7 Å². The normalized spacial score (nSPS) is 11.6. The Morgan fingerprint density at radius 3 is 2.37 bits per heavy atom. The quantitative estimate of drug-likeness (QED) is 0.313. The van der Waals surface area contributed by atoms with E-state index in [1.165, 1.54) is 35.4 Å². The van der Waals surface area contributed by atoms with Gasteiger partial charge in [-0.1, -0.05) is 32.0 Å². The molecule has 3 aromatic carbocycles. The van der Waals surface area contributed by atoms with Gasteiger partial charge in [0.1, 0.15) is 10.6 Å². The predicted molar refractivity (Wildman–Crippen MR) is 144 cm³/mol. The Kier molecular flexibility index (Phi) is 6.87. The summed E-state index contributed by atoms with van der Waals surface area (Å²) in [6.45, 7) is 6.08. The molecule has 0 saturated heterocycles. The van der Waals surface area contributed by atoms with Gasteiger partial charge in [-0.3, -0.25) is 9.10 Å². The largest absolute Gasteiger partial charge is 0.495 e. The summed E-state index contributed by atoms with van der Waals surface area (Å²) in [5, 5.41) is 3.73. The third-order valence-corrected chi connectivity index (χ3v) is 8.80. The maximum atomic E-state index is 13.4. The third kappa shape index (κ3) is 5.04. The van der Waals surface area contributed by atoms with E-state index in [2.05, 4.69) is 19.2 Å². The Hall–Kier alpha value is -3.36. The van der Waals surface area contributed by atoms with Gasteiger partial charge < -0.3 is 10.1 Å². The first-order chi connectivity index (χ1) is 16.6. The maximum Gasteiger partial charge on any atom is 0.267 e. The number of hydrogen-bond donors (Lipinski definition) is 1. The lowest BCUT2D eigenvalue weighted by molar-refractivity contribution is 0.103. The molecule has 4 rings (SSSR count). The Bertz CT molecular complexity index is 1490. The highest BCUT2D eigenvalue weighted by Gasteiger charge is 2.26. The average molecular weight is 509 g/mol. The van der Waals surface area contributed by atoms with E-state index in [9.17, 15) is 13.2 Å². The molecule has 0 bridgehead atoms. The fourth-order valence-electron chi connectivity index (χ4n) is 3.75. The predicted octanol–water partition coefficient (Wildman–Crippen LogP) is 6.42. The van der Waals surface area contributed by atoms with Crippen LogP contribution >= 0.6 is 11.3 Å². The van der Waals surface area contributed by atoms with Crippen molar-refractivity contribution in [2.24, 2.45) is 0 Å². The molecule has 0 atom stereocenters. The smallest absolute Gasteiger partial charge is 0.267 e. The molecule has 8 heteroatoms. The van der Waals surface area contributed by atoms with Crippen molar-refractivity contribution in [3.8, 4) is 5.75 Å². The molecule has 0 aliphatic heterocycles. The standard InChI is InChI=1S/C27H28N2O4S2/c1-17(2)19-7-9-21(10-8-19)28-27(30)25-16-20-15-22(11-13-24(20)34-25)29(4)35(31,32)26-14-18(3)6-12-23(26)33-5/h6-17H,1-5H3,(H,28,30). The minimum Gasteiger partial charge on any atom is -0.495 e. The number of rotatable bonds is 7. The summed E-state index contributed by atoms with van der Waals surface area (Å²) in [4.78, 5) is 13.5. The van der Waals surface area contributed by atoms with Crippen molar-refractivity contribution in [2.75, 3.05) is 23.8 Å². The van der Waals surface area contributed by atoms with Gasteiger partial charge >= 0.3 is 0 Å². The summed E-state index contributed by atoms with van der Waals surface area (Å²) in [6.07, 6.45) is 0. The van der Waals surface area contributed by atoms with Gasteiger partial charge in [-0.15, -0.1) is 11.3 Å². The van der Waals surface area contributed by atoms with Crippen LogP contribution < -0.4 is 14.4 Å². The van der Waals surface area contributed by atoms with Crippen LogP contribution in [0.25, 0.3) is 10.1 Å². The second-order valence-corrected chi connectivity index (χ2v) is 11.7. The minimum absolute atomic E-state index is 0.108. The lowest BCUT2D eigenvalue weighted by atomic mass is 10.0. The highest BCUT2D eigenvalue weighted by atomic mass is 32.2. The van der Waals surface area contributed by atoms with E-state index in [0.29, 0.717) is 22.2 Å². The number of benzene rings is 3. The summed E-state index contributed by atoms with van der Waals surface area (Å²) in [6, 6.07) is 20.0. The van der Waals surface area contributed by atoms with Crippen molar-refractivity contribution in [2.45, 2.75) is 31.6 Å². The number of hydrogen-bond acceptors (Lipinski definition) is 5. The van der Waals surface area contributed by atoms with Crippen LogP contribution in [0.5, 0.6) is 5.75 Å². The van der Waals surface area contributed by atoms with Gasteiger partial charge in [-0.25, -0.2) is 8.42 Å². The van der Waals surface area contributed by atoms with E-state index < -0.39 is 10.0 Å². The molecule has 182 valence electrons. The van der Waals surface area contributed by atoms with Crippen LogP contribution in [0, 0.1) is 6.92 Å². The van der Waals surface area contributed by atoms with Gasteiger partial charge in [0.15, 0.2) is 0 Å². The first-order valence-corrected chi connectivity index (χ1v) is 13.4. The molecule has 1 heterocycles. The Morgan fingerprint density at radius 1 is 1.00 bits per heavy atom. The third-order valence-electron chi connectivity index (χ3n) is 5.88. The molecule has 0 spiro atoms. The number of nitrogens with zero attached hydrogens (tertiary/aromatic N) is 1. The molecule has 1 amide bonds. The van der Waals surface area contributed by atoms with Crippen molar-refractivity contribution in [1.82, 2.24) is 0 Å². The minimum atomic E-state index is -3.85. The monoisotopic (exact) mass is 508 g/mol. The summed E-state index contributed by atoms with van der Waals surface area (Å²) in [5.74, 6) is 0.514. The Balaban J connectivity index is 1.60. The second-order valence-electron chi connectivity index (χ2n) is 8.69. The zero-order valence-corrected chi connectivity index (χ0v) is 22.0. The number of fused-ring (bicyclic) bond motifs is 1. The number of thiophene rings is 1. The zero-order chi connectivity index (χ0) is 25.3. The molecule has 4 aromatic rings. The SMILES string of the molecule is COc1ccc(C)cc1S(=O)(=O)N(C)c1ccc2sc(C(=O)Nc3ccc(C(C)C)cc3)cc2c1. The van der Waals surface area contributed by atoms with E-state index >= 15 is 0 Å². The molecular weight excluding hydrogens is 480 g/mol. The molecule has 0 unspecified atom stereocenters. The van der Waals surface area contributed by atoms with Gasteiger partial charge in [-0.2, -0.15) is 0 Å². The van der Waals surface area contributed by atoms with Crippen molar-refractivity contribution < 1.29 is 17.9 Å². The molecule has 0 fully saturated rings. The summed E-state index contributed by atoms with van der Waals surface area (Å²) >= 11 is 1.36. The fourth-order valence-corrected chi connectivity index (χ4v) is 6.12. The summed E-state index contributed by atoms with van der Waals surface area (Å²) < 4.78 is 34.2. The first kappa shape index (κ1) is 24.8. The van der Waals surface area contributed by atoms with Gasteiger partial charge in [0.2, 0.25) is 0 Å². The number of methoxy groups -OCH3 is 1. The van der Waals surface area contributed by atoms with E-state index in [0.717, 1.165) is 21.3 Å². The maximum absolute atomic E-state index is 13.4. The molecule has 0 aliphatic carbocycles. The van der Waals surface area contributed by atoms with Crippen molar-refractivity contribution in [1.29, 1.82) is 0 Å². The van der Waals surface area contributed by atoms with Crippen molar-refractivity contribution in [3.05, 3.63) is 82.7 Å². The van der Waals surface area contributed by atoms with Crippen LogP contribution in [-0.2, 0) is 10.0 Å². The van der Waals surface area contributed by atoms with Crippen LogP contribution in [-0.4, -0.2) is 28.5 Å². The molecular formula is C27H28N2O4S2. The van der Waals surface area contributed by atoms with Crippen LogP contribution in [0.4, 0.5) is 11.4 Å². The molecule has 0 radical (unpaired) electrons. The van der Waals surface area contributed by atoms with Crippen LogP contribution in [0.1, 0.15) is 40.6 Å². The second kappa shape index (κ2) is 9.71. The van der Waals surface area contributed by atoms with Crippen LogP contribution in [0.15, 0.2) is 71.6 Å². The number of carbonyl (C=O) groups is 1. The lowest BCUT2D eigenvalue weighted by Gasteiger charge is -2.21. The highest BCUT2D eigenvalue weighted by molar-refractivity contribution is 7.93. The summed E-state index contributed by atoms with van der Waals surface area (Å²) in [7, 11) is -0.890. The van der Waals surface area contributed by atoms with Gasteiger partial charge in [0.25, 0.3) is 15.9 Å². The van der Waals surface area contributed by atoms with Crippen molar-refractivity contribution >= 4 is 48.7 Å². The van der Waals surface area contributed by atoms with E-state index in [1.54, 1.807) is 36.4 Å². The summed E-state index contributed by atoms with van der Waals surface area (Å²) in [5.41, 5.74) is 3.26. The van der Waals surface area contributed by atoms with E-state index in [4.69, 9.17) is 4.74 Å². The van der Waals surface area contributed by atoms with E-state index in [1.807, 2.05) is 37.3 Å². The number of amides is 1. The Labute approximate surface area is 210 Å². The molecule has 0 aliphatic rings. The first-order valence-electron chi connectivity index (χ1n) is 11.2. The fraction of sp³-hybridized carbons (Fsp3) is 0.222. The molecule has 1 N–H and O–H groups in total. The number of sulfonamides is 1. The molecule has 0 saturated carbocycles. The number of nitrogens with one attached hydrogen (secondary N) is 1. The zero-order valence-electron chi connectivity index (χ0n) is 20.3. The molecule has 6 nitrogen and oxygen atoms in total. The average Bonchev–Trinajstić information content (AvgIpc) is 3.27. The number of carbonyl (C=O) groups excluding carboxylic acids is 1. The van der Waals surface area contributed by atoms with Gasteiger partial charge in [0.05, 0.1) is 17.7 Å². The van der Waals surface area contributed by atoms with Gasteiger partial charge in [0, 0.05) is 17.4 Å². The van der Waals surface area contributed by atoms with Crippen LogP contribution in [0.3, 0.4) is 0 Å². The number of ether oxygens (including phenoxy) is 1. The number of aryl methyl sites for hydroxylation is 1.